The molecule has 112 valence electrons. The van der Waals surface area contributed by atoms with Crippen LogP contribution in [-0.4, -0.2) is 25.1 Å². The van der Waals surface area contributed by atoms with Crippen LogP contribution in [0.4, 0.5) is 0 Å². The molecule has 1 N–H and O–H groups in total. The van der Waals surface area contributed by atoms with Gasteiger partial charge in [0, 0.05) is 17.3 Å². The molecule has 0 atom stereocenters. The number of nitrogens with one attached hydrogen (secondary N) is 1. The van der Waals surface area contributed by atoms with E-state index in [1.807, 2.05) is 29.1 Å². The highest BCUT2D eigenvalue weighted by molar-refractivity contribution is 7.89. The van der Waals surface area contributed by atoms with E-state index in [-0.39, 0.29) is 0 Å². The summed E-state index contributed by atoms with van der Waals surface area (Å²) in [6.07, 6.45) is 8.68. The van der Waals surface area contributed by atoms with Crippen molar-refractivity contribution in [3.63, 3.8) is 0 Å². The third-order valence-corrected chi connectivity index (χ3v) is 5.36. The molecule has 2 heterocycles. The Morgan fingerprint density at radius 3 is 2.57 bits per heavy atom. The number of aromatic nitrogens is 1. The normalized spacial score (nSPS) is 14.7. The third kappa shape index (κ3) is 2.89. The zero-order valence-electron chi connectivity index (χ0n) is 11.6. The number of carbonyl (C=O) groups is 1. The number of fused-ring (bicyclic) bond motifs is 1. The lowest BCUT2D eigenvalue weighted by atomic mass is 9.95. The van der Waals surface area contributed by atoms with Gasteiger partial charge in [0.1, 0.15) is 5.00 Å². The van der Waals surface area contributed by atoms with Crippen molar-refractivity contribution < 1.29 is 13.2 Å². The molecule has 0 fully saturated rings. The molecule has 0 radical (unpaired) electrons. The van der Waals surface area contributed by atoms with Crippen LogP contribution in [0.25, 0.3) is 5.00 Å². The fourth-order valence-corrected chi connectivity index (χ4v) is 4.45. The van der Waals surface area contributed by atoms with Gasteiger partial charge in [0.05, 0.1) is 11.8 Å². The van der Waals surface area contributed by atoms with Crippen molar-refractivity contribution in [2.45, 2.75) is 25.7 Å². The average Bonchev–Trinajstić information content (AvgIpc) is 3.03. The Morgan fingerprint density at radius 1 is 1.24 bits per heavy atom. The maximum Gasteiger partial charge on any atom is 0.268 e. The van der Waals surface area contributed by atoms with Gasteiger partial charge in [0.25, 0.3) is 5.91 Å². The number of sulfonamides is 1. The molecule has 0 saturated heterocycles. The summed E-state index contributed by atoms with van der Waals surface area (Å²) >= 11 is 1.58. The van der Waals surface area contributed by atoms with Crippen LogP contribution in [0, 0.1) is 0 Å². The zero-order valence-corrected chi connectivity index (χ0v) is 13.3. The second-order valence-corrected chi connectivity index (χ2v) is 8.02. The fourth-order valence-electron chi connectivity index (χ4n) is 2.66. The topological polar surface area (TPSA) is 68.2 Å². The van der Waals surface area contributed by atoms with Crippen LogP contribution in [-0.2, 0) is 22.9 Å². The van der Waals surface area contributed by atoms with E-state index in [9.17, 15) is 13.2 Å². The molecule has 0 saturated carbocycles. The van der Waals surface area contributed by atoms with E-state index in [1.165, 1.54) is 4.88 Å². The van der Waals surface area contributed by atoms with Crippen molar-refractivity contribution >= 4 is 27.3 Å². The van der Waals surface area contributed by atoms with Gasteiger partial charge in [-0.2, -0.15) is 0 Å². The van der Waals surface area contributed by atoms with Gasteiger partial charge < -0.3 is 4.57 Å². The third-order valence-electron chi connectivity index (χ3n) is 3.50. The SMILES string of the molecule is CS(=O)(=O)NC(=O)c1c(-n2cccc2)sc2c1CCCC2. The molecular weight excluding hydrogens is 308 g/mol. The molecule has 1 aliphatic rings. The first-order valence-electron chi connectivity index (χ1n) is 6.76. The average molecular weight is 324 g/mol. The monoisotopic (exact) mass is 324 g/mol. The van der Waals surface area contributed by atoms with Crippen LogP contribution in [0.15, 0.2) is 24.5 Å². The molecule has 1 amide bonds. The molecule has 2 aromatic heterocycles. The first kappa shape index (κ1) is 14.3. The number of thiophene rings is 1. The number of amides is 1. The van der Waals surface area contributed by atoms with Gasteiger partial charge in [-0.15, -0.1) is 11.3 Å². The van der Waals surface area contributed by atoms with Gasteiger partial charge in [-0.3, -0.25) is 4.79 Å². The second kappa shape index (κ2) is 5.31. The number of hydrogen-bond acceptors (Lipinski definition) is 4. The first-order valence-corrected chi connectivity index (χ1v) is 9.46. The minimum absolute atomic E-state index is 0.510. The van der Waals surface area contributed by atoms with E-state index >= 15 is 0 Å². The van der Waals surface area contributed by atoms with Crippen molar-refractivity contribution in [3.05, 3.63) is 40.5 Å². The molecule has 5 nitrogen and oxygen atoms in total. The molecule has 0 aromatic carbocycles. The largest absolute Gasteiger partial charge is 0.315 e. The predicted octanol–water partition coefficient (Wildman–Crippen LogP) is 2.11. The molecule has 0 bridgehead atoms. The molecular formula is C14H16N2O3S2. The number of rotatable bonds is 3. The molecule has 0 unspecified atom stereocenters. The van der Waals surface area contributed by atoms with Crippen LogP contribution in [0.1, 0.15) is 33.6 Å². The lowest BCUT2D eigenvalue weighted by Crippen LogP contribution is -2.30. The quantitative estimate of drug-likeness (QED) is 0.940. The summed E-state index contributed by atoms with van der Waals surface area (Å²) in [6.45, 7) is 0. The van der Waals surface area contributed by atoms with Gasteiger partial charge >= 0.3 is 0 Å². The number of aryl methyl sites for hydroxylation is 1. The minimum Gasteiger partial charge on any atom is -0.315 e. The lowest BCUT2D eigenvalue weighted by molar-refractivity contribution is 0.0981. The fraction of sp³-hybridized carbons (Fsp3) is 0.357. The van der Waals surface area contributed by atoms with Crippen LogP contribution < -0.4 is 4.72 Å². The smallest absolute Gasteiger partial charge is 0.268 e. The van der Waals surface area contributed by atoms with E-state index in [0.717, 1.165) is 42.5 Å². The van der Waals surface area contributed by atoms with Crippen LogP contribution in [0.2, 0.25) is 0 Å². The Labute approximate surface area is 127 Å². The van der Waals surface area contributed by atoms with Gasteiger partial charge in [0.2, 0.25) is 10.0 Å². The number of nitrogens with zero attached hydrogens (tertiary/aromatic N) is 1. The van der Waals surface area contributed by atoms with Crippen LogP contribution >= 0.6 is 11.3 Å². The molecule has 7 heteroatoms. The van der Waals surface area contributed by atoms with Crippen LogP contribution in [0.5, 0.6) is 0 Å². The Balaban J connectivity index is 2.12. The highest BCUT2D eigenvalue weighted by Gasteiger charge is 2.27. The Kier molecular flexibility index (Phi) is 3.62. The zero-order chi connectivity index (χ0) is 15.0. The van der Waals surface area contributed by atoms with Crippen molar-refractivity contribution in [2.24, 2.45) is 0 Å². The number of hydrogen-bond donors (Lipinski definition) is 1. The summed E-state index contributed by atoms with van der Waals surface area (Å²) in [6, 6.07) is 3.77. The van der Waals surface area contributed by atoms with E-state index in [4.69, 9.17) is 0 Å². The molecule has 21 heavy (non-hydrogen) atoms. The molecule has 0 spiro atoms. The lowest BCUT2D eigenvalue weighted by Gasteiger charge is -2.12. The number of carbonyl (C=O) groups excluding carboxylic acids is 1. The van der Waals surface area contributed by atoms with Crippen molar-refractivity contribution in [1.29, 1.82) is 0 Å². The summed E-state index contributed by atoms with van der Waals surface area (Å²) in [4.78, 5) is 13.6. The highest BCUT2D eigenvalue weighted by atomic mass is 32.2. The Hall–Kier alpha value is -1.60. The van der Waals surface area contributed by atoms with E-state index in [1.54, 1.807) is 11.3 Å². The minimum atomic E-state index is -3.57. The van der Waals surface area contributed by atoms with Gasteiger partial charge in [-0.1, -0.05) is 0 Å². The predicted molar refractivity (Wildman–Crippen MR) is 82.6 cm³/mol. The van der Waals surface area contributed by atoms with E-state index in [0.29, 0.717) is 5.56 Å². The summed E-state index contributed by atoms with van der Waals surface area (Å²) in [7, 11) is -3.57. The maximum atomic E-state index is 12.4. The second-order valence-electron chi connectivity index (χ2n) is 5.18. The molecule has 3 rings (SSSR count). The van der Waals surface area contributed by atoms with Crippen molar-refractivity contribution in [3.8, 4) is 5.00 Å². The molecule has 1 aliphatic carbocycles. The summed E-state index contributed by atoms with van der Waals surface area (Å²) in [5, 5.41) is 0.799. The first-order chi connectivity index (χ1) is 9.96. The standard InChI is InChI=1S/C14H16N2O3S2/c1-21(18,19)15-13(17)12-10-6-2-3-7-11(10)20-14(12)16-8-4-5-9-16/h4-5,8-9H,2-3,6-7H2,1H3,(H,15,17). The molecule has 0 aliphatic heterocycles. The Morgan fingerprint density at radius 2 is 1.90 bits per heavy atom. The molecule has 2 aromatic rings. The van der Waals surface area contributed by atoms with E-state index in [2.05, 4.69) is 4.72 Å². The van der Waals surface area contributed by atoms with Crippen molar-refractivity contribution in [1.82, 2.24) is 9.29 Å². The highest BCUT2D eigenvalue weighted by Crippen LogP contribution is 2.36. The van der Waals surface area contributed by atoms with Crippen molar-refractivity contribution in [2.75, 3.05) is 6.26 Å². The maximum absolute atomic E-state index is 12.4. The van der Waals surface area contributed by atoms with Crippen LogP contribution in [0.3, 0.4) is 0 Å². The summed E-state index contributed by atoms with van der Waals surface area (Å²) < 4.78 is 26.7. The van der Waals surface area contributed by atoms with E-state index < -0.39 is 15.9 Å². The Bertz CT molecular complexity index is 774. The summed E-state index contributed by atoms with van der Waals surface area (Å²) in [5.74, 6) is -0.527. The van der Waals surface area contributed by atoms with Gasteiger partial charge in [0.15, 0.2) is 0 Å². The van der Waals surface area contributed by atoms with Gasteiger partial charge in [-0.05, 0) is 43.4 Å². The van der Waals surface area contributed by atoms with Gasteiger partial charge in [-0.25, -0.2) is 13.1 Å². The summed E-state index contributed by atoms with van der Waals surface area (Å²) in [5.41, 5.74) is 1.52.